The molecule has 0 atom stereocenters. The van der Waals surface area contributed by atoms with E-state index in [-0.39, 0.29) is 24.6 Å². The first-order valence-electron chi connectivity index (χ1n) is 7.57. The Bertz CT molecular complexity index is 812. The third-order valence-corrected chi connectivity index (χ3v) is 4.01. The van der Waals surface area contributed by atoms with E-state index >= 15 is 0 Å². The summed E-state index contributed by atoms with van der Waals surface area (Å²) in [5, 5.41) is 3.19. The van der Waals surface area contributed by atoms with Gasteiger partial charge in [-0.2, -0.15) is 0 Å². The molecule has 0 spiro atoms. The van der Waals surface area contributed by atoms with Crippen molar-refractivity contribution in [2.24, 2.45) is 0 Å². The maximum Gasteiger partial charge on any atom is 0.226 e. The standard InChI is InChI=1S/C18H17ClF2N2O2/c1-11-3-5-14(10-15(11)19)22-18(25)7-8-23(12(2)24)17-6-4-13(20)9-16(17)21/h3-6,9-10H,7-8H2,1-2H3,(H,22,25). The average molecular weight is 367 g/mol. The summed E-state index contributed by atoms with van der Waals surface area (Å²) in [5.74, 6) is -2.40. The Kier molecular flexibility index (Phi) is 6.09. The highest BCUT2D eigenvalue weighted by Gasteiger charge is 2.17. The van der Waals surface area contributed by atoms with Gasteiger partial charge in [0.2, 0.25) is 11.8 Å². The molecule has 2 amide bonds. The van der Waals surface area contributed by atoms with Gasteiger partial charge in [0.1, 0.15) is 11.6 Å². The number of carbonyl (C=O) groups is 2. The van der Waals surface area contributed by atoms with Crippen LogP contribution in [0.2, 0.25) is 5.02 Å². The molecule has 1 N–H and O–H groups in total. The van der Waals surface area contributed by atoms with Crippen molar-refractivity contribution in [1.29, 1.82) is 0 Å². The molecule has 0 fully saturated rings. The predicted octanol–water partition coefficient (Wildman–Crippen LogP) is 4.31. The SMILES string of the molecule is CC(=O)N(CCC(=O)Nc1ccc(C)c(Cl)c1)c1ccc(F)cc1F. The molecule has 0 aliphatic heterocycles. The van der Waals surface area contributed by atoms with E-state index in [0.717, 1.165) is 16.5 Å². The Morgan fingerprint density at radius 1 is 1.16 bits per heavy atom. The van der Waals surface area contributed by atoms with E-state index < -0.39 is 17.5 Å². The molecular formula is C18H17ClF2N2O2. The van der Waals surface area contributed by atoms with Gasteiger partial charge >= 0.3 is 0 Å². The number of rotatable bonds is 5. The number of hydrogen-bond acceptors (Lipinski definition) is 2. The van der Waals surface area contributed by atoms with Gasteiger partial charge in [0.15, 0.2) is 0 Å². The summed E-state index contributed by atoms with van der Waals surface area (Å²) in [5.41, 5.74) is 1.34. The third-order valence-electron chi connectivity index (χ3n) is 3.60. The Hall–Kier alpha value is -2.47. The summed E-state index contributed by atoms with van der Waals surface area (Å²) in [6, 6.07) is 8.03. The van der Waals surface area contributed by atoms with Crippen molar-refractivity contribution in [2.75, 3.05) is 16.8 Å². The molecule has 0 unspecified atom stereocenters. The zero-order valence-corrected chi connectivity index (χ0v) is 14.5. The number of benzene rings is 2. The van der Waals surface area contributed by atoms with E-state index in [1.54, 1.807) is 18.2 Å². The van der Waals surface area contributed by atoms with E-state index in [2.05, 4.69) is 5.32 Å². The van der Waals surface area contributed by atoms with Crippen LogP contribution in [0.15, 0.2) is 36.4 Å². The van der Waals surface area contributed by atoms with Crippen molar-refractivity contribution >= 4 is 34.8 Å². The fourth-order valence-electron chi connectivity index (χ4n) is 2.26. The smallest absolute Gasteiger partial charge is 0.226 e. The maximum absolute atomic E-state index is 13.9. The van der Waals surface area contributed by atoms with E-state index in [1.165, 1.54) is 13.0 Å². The Morgan fingerprint density at radius 2 is 1.88 bits per heavy atom. The molecular weight excluding hydrogens is 350 g/mol. The number of aryl methyl sites for hydroxylation is 1. The average Bonchev–Trinajstić information content (AvgIpc) is 2.52. The molecule has 4 nitrogen and oxygen atoms in total. The normalized spacial score (nSPS) is 10.4. The van der Waals surface area contributed by atoms with Crippen molar-refractivity contribution in [3.63, 3.8) is 0 Å². The molecule has 2 rings (SSSR count). The van der Waals surface area contributed by atoms with E-state index in [9.17, 15) is 18.4 Å². The summed E-state index contributed by atoms with van der Waals surface area (Å²) in [4.78, 5) is 24.9. The number of nitrogens with zero attached hydrogens (tertiary/aromatic N) is 1. The number of amides is 2. The molecule has 0 bridgehead atoms. The second kappa shape index (κ2) is 8.07. The molecule has 132 valence electrons. The first-order valence-corrected chi connectivity index (χ1v) is 7.95. The monoisotopic (exact) mass is 366 g/mol. The van der Waals surface area contributed by atoms with Crippen LogP contribution in [0.3, 0.4) is 0 Å². The molecule has 0 heterocycles. The van der Waals surface area contributed by atoms with E-state index in [1.807, 2.05) is 6.92 Å². The van der Waals surface area contributed by atoms with Gasteiger partial charge < -0.3 is 10.2 Å². The Labute approximate surface area is 149 Å². The summed E-state index contributed by atoms with van der Waals surface area (Å²) >= 11 is 6.00. The second-order valence-electron chi connectivity index (χ2n) is 5.53. The Balaban J connectivity index is 2.04. The Morgan fingerprint density at radius 3 is 2.48 bits per heavy atom. The molecule has 0 aliphatic carbocycles. The van der Waals surface area contributed by atoms with Gasteiger partial charge in [-0.15, -0.1) is 0 Å². The largest absolute Gasteiger partial charge is 0.326 e. The predicted molar refractivity (Wildman–Crippen MR) is 93.8 cm³/mol. The van der Waals surface area contributed by atoms with Crippen LogP contribution in [-0.2, 0) is 9.59 Å². The van der Waals surface area contributed by atoms with Crippen LogP contribution in [0.25, 0.3) is 0 Å². The molecule has 2 aromatic carbocycles. The van der Waals surface area contributed by atoms with Crippen LogP contribution in [0.1, 0.15) is 18.9 Å². The minimum absolute atomic E-state index is 0.0384. The van der Waals surface area contributed by atoms with Gasteiger partial charge in [-0.1, -0.05) is 17.7 Å². The topological polar surface area (TPSA) is 49.4 Å². The highest BCUT2D eigenvalue weighted by Crippen LogP contribution is 2.22. The van der Waals surface area contributed by atoms with Crippen LogP contribution in [0.4, 0.5) is 20.2 Å². The second-order valence-corrected chi connectivity index (χ2v) is 5.94. The zero-order valence-electron chi connectivity index (χ0n) is 13.8. The lowest BCUT2D eigenvalue weighted by Gasteiger charge is -2.21. The summed E-state index contributed by atoms with van der Waals surface area (Å²) < 4.78 is 26.9. The van der Waals surface area contributed by atoms with Gasteiger partial charge in [-0.25, -0.2) is 8.78 Å². The minimum atomic E-state index is -0.860. The van der Waals surface area contributed by atoms with Gasteiger partial charge in [-0.3, -0.25) is 9.59 Å². The summed E-state index contributed by atoms with van der Waals surface area (Å²) in [7, 11) is 0. The van der Waals surface area contributed by atoms with Crippen LogP contribution in [-0.4, -0.2) is 18.4 Å². The molecule has 7 heteroatoms. The lowest BCUT2D eigenvalue weighted by molar-refractivity contribution is -0.117. The van der Waals surface area contributed by atoms with Crippen LogP contribution >= 0.6 is 11.6 Å². The lowest BCUT2D eigenvalue weighted by Crippen LogP contribution is -2.32. The zero-order chi connectivity index (χ0) is 18.6. The molecule has 0 saturated carbocycles. The molecule has 25 heavy (non-hydrogen) atoms. The number of nitrogens with one attached hydrogen (secondary N) is 1. The third kappa shape index (κ3) is 5.00. The molecule has 0 saturated heterocycles. The summed E-state index contributed by atoms with van der Waals surface area (Å²) in [6.07, 6.45) is -0.0537. The lowest BCUT2D eigenvalue weighted by atomic mass is 10.2. The van der Waals surface area contributed by atoms with Crippen molar-refractivity contribution in [2.45, 2.75) is 20.3 Å². The van der Waals surface area contributed by atoms with Crippen LogP contribution < -0.4 is 10.2 Å². The van der Waals surface area contributed by atoms with Crippen molar-refractivity contribution in [3.05, 3.63) is 58.6 Å². The highest BCUT2D eigenvalue weighted by molar-refractivity contribution is 6.31. The maximum atomic E-state index is 13.9. The molecule has 0 radical (unpaired) electrons. The van der Waals surface area contributed by atoms with Crippen molar-refractivity contribution < 1.29 is 18.4 Å². The van der Waals surface area contributed by atoms with Crippen LogP contribution in [0.5, 0.6) is 0 Å². The van der Waals surface area contributed by atoms with Crippen molar-refractivity contribution in [1.82, 2.24) is 0 Å². The fourth-order valence-corrected chi connectivity index (χ4v) is 2.44. The first kappa shape index (κ1) is 18.9. The quantitative estimate of drug-likeness (QED) is 0.857. The van der Waals surface area contributed by atoms with Crippen LogP contribution in [0, 0.1) is 18.6 Å². The number of hydrogen-bond donors (Lipinski definition) is 1. The van der Waals surface area contributed by atoms with Gasteiger partial charge in [-0.05, 0) is 36.8 Å². The molecule has 2 aromatic rings. The van der Waals surface area contributed by atoms with E-state index in [4.69, 9.17) is 11.6 Å². The summed E-state index contributed by atoms with van der Waals surface area (Å²) in [6.45, 7) is 3.06. The van der Waals surface area contributed by atoms with Crippen molar-refractivity contribution in [3.8, 4) is 0 Å². The first-order chi connectivity index (χ1) is 11.8. The highest BCUT2D eigenvalue weighted by atomic mass is 35.5. The molecule has 0 aromatic heterocycles. The van der Waals surface area contributed by atoms with Gasteiger partial charge in [0.05, 0.1) is 5.69 Å². The number of halogens is 3. The molecule has 0 aliphatic rings. The van der Waals surface area contributed by atoms with Gasteiger partial charge in [0.25, 0.3) is 0 Å². The fraction of sp³-hybridized carbons (Fsp3) is 0.222. The van der Waals surface area contributed by atoms with Gasteiger partial charge in [0, 0.05) is 36.7 Å². The van der Waals surface area contributed by atoms with E-state index in [0.29, 0.717) is 16.8 Å². The number of carbonyl (C=O) groups excluding carboxylic acids is 2. The minimum Gasteiger partial charge on any atom is -0.326 e. The number of anilines is 2.